The number of carbonyl (C=O) groups excluding carboxylic acids is 4. The highest BCUT2D eigenvalue weighted by Gasteiger charge is 2.44. The van der Waals surface area contributed by atoms with Crippen molar-refractivity contribution >= 4 is 52.6 Å². The Kier molecular flexibility index (Phi) is 7.64. The molecule has 0 aromatic heterocycles. The molecule has 44 heavy (non-hydrogen) atoms. The summed E-state index contributed by atoms with van der Waals surface area (Å²) in [6.07, 6.45) is 5.50. The van der Waals surface area contributed by atoms with Crippen molar-refractivity contribution in [2.24, 2.45) is 17.3 Å². The summed E-state index contributed by atoms with van der Waals surface area (Å²) < 4.78 is 0. The molecule has 9 heteroatoms. The van der Waals surface area contributed by atoms with Gasteiger partial charge in [-0.05, 0) is 103 Å². The first kappa shape index (κ1) is 29.6. The standard InChI is InChI=1S/C35H38ClN3O4S/c1-35(2)12-11-28(29(16-35)20-3-5-24(36)6-4-20)33(42)38-17-21-13-26(14-22(21)18-38)44-25-7-8-27-23(15-25)19-39(34(27)43)30-9-10-31(40)37-32(30)41/h3-8,15,21-22,26,30H,9-14,16-19H2,1-2H3,(H,37,40,41)/t21-,22-,30?/m1/s1. The fourth-order valence-electron chi connectivity index (χ4n) is 7.97. The number of amides is 4. The molecule has 230 valence electrons. The summed E-state index contributed by atoms with van der Waals surface area (Å²) in [6.45, 7) is 6.61. The van der Waals surface area contributed by atoms with Crippen molar-refractivity contribution in [1.29, 1.82) is 0 Å². The lowest BCUT2D eigenvalue weighted by Crippen LogP contribution is -2.52. The Morgan fingerprint density at radius 3 is 2.43 bits per heavy atom. The maximum atomic E-state index is 13.9. The third-order valence-electron chi connectivity index (χ3n) is 10.3. The number of likely N-dealkylation sites (tertiary alicyclic amines) is 1. The lowest BCUT2D eigenvalue weighted by atomic mass is 9.72. The number of fused-ring (bicyclic) bond motifs is 2. The van der Waals surface area contributed by atoms with E-state index in [1.54, 1.807) is 4.90 Å². The van der Waals surface area contributed by atoms with Crippen molar-refractivity contribution in [1.82, 2.24) is 15.1 Å². The quantitative estimate of drug-likeness (QED) is 0.404. The van der Waals surface area contributed by atoms with E-state index in [1.165, 1.54) is 5.57 Å². The molecule has 0 spiro atoms. The molecule has 2 saturated heterocycles. The molecule has 2 aliphatic carbocycles. The van der Waals surface area contributed by atoms with E-state index in [-0.39, 0.29) is 35.5 Å². The van der Waals surface area contributed by atoms with Gasteiger partial charge in [-0.3, -0.25) is 24.5 Å². The number of benzene rings is 2. The Labute approximate surface area is 267 Å². The number of allylic oxidation sites excluding steroid dienone is 1. The number of hydrogen-bond donors (Lipinski definition) is 1. The average Bonchev–Trinajstić information content (AvgIpc) is 3.64. The summed E-state index contributed by atoms with van der Waals surface area (Å²) in [7, 11) is 0. The first-order valence-corrected chi connectivity index (χ1v) is 17.0. The smallest absolute Gasteiger partial charge is 0.255 e. The van der Waals surface area contributed by atoms with Crippen LogP contribution in [0.3, 0.4) is 0 Å². The molecule has 1 N–H and O–H groups in total. The van der Waals surface area contributed by atoms with E-state index in [1.807, 2.05) is 48.2 Å². The van der Waals surface area contributed by atoms with Gasteiger partial charge in [0.2, 0.25) is 17.7 Å². The molecule has 2 aromatic rings. The molecule has 7 rings (SSSR count). The van der Waals surface area contributed by atoms with Gasteiger partial charge in [-0.2, -0.15) is 0 Å². The van der Waals surface area contributed by atoms with Gasteiger partial charge in [-0.15, -0.1) is 11.8 Å². The second-order valence-electron chi connectivity index (χ2n) is 14.0. The average molecular weight is 632 g/mol. The van der Waals surface area contributed by atoms with E-state index in [0.29, 0.717) is 40.6 Å². The van der Waals surface area contributed by atoms with Crippen molar-refractivity contribution in [3.05, 3.63) is 69.8 Å². The van der Waals surface area contributed by atoms with Crippen LogP contribution in [0.25, 0.3) is 5.57 Å². The van der Waals surface area contributed by atoms with Crippen molar-refractivity contribution in [2.45, 2.75) is 81.5 Å². The van der Waals surface area contributed by atoms with Crippen LogP contribution in [0.15, 0.2) is 52.9 Å². The maximum Gasteiger partial charge on any atom is 0.255 e. The zero-order valence-electron chi connectivity index (χ0n) is 25.2. The zero-order valence-corrected chi connectivity index (χ0v) is 26.8. The zero-order chi connectivity index (χ0) is 30.7. The van der Waals surface area contributed by atoms with Crippen molar-refractivity contribution in [3.8, 4) is 0 Å². The minimum Gasteiger partial charge on any atom is -0.338 e. The van der Waals surface area contributed by atoms with E-state index in [0.717, 1.165) is 66.8 Å². The predicted molar refractivity (Wildman–Crippen MR) is 171 cm³/mol. The van der Waals surface area contributed by atoms with Gasteiger partial charge in [0, 0.05) is 52.4 Å². The number of nitrogens with zero attached hydrogens (tertiary/aromatic N) is 2. The minimum atomic E-state index is -0.596. The van der Waals surface area contributed by atoms with Crippen LogP contribution < -0.4 is 5.32 Å². The van der Waals surface area contributed by atoms with E-state index >= 15 is 0 Å². The molecule has 3 fully saturated rings. The lowest BCUT2D eigenvalue weighted by Gasteiger charge is -2.34. The van der Waals surface area contributed by atoms with Gasteiger partial charge in [0.15, 0.2) is 0 Å². The number of carbonyl (C=O) groups is 4. The summed E-state index contributed by atoms with van der Waals surface area (Å²) >= 11 is 8.04. The molecule has 3 aliphatic heterocycles. The van der Waals surface area contributed by atoms with Crippen LogP contribution in [0.5, 0.6) is 0 Å². The van der Waals surface area contributed by atoms with Crippen LogP contribution in [0, 0.1) is 17.3 Å². The largest absolute Gasteiger partial charge is 0.338 e. The first-order chi connectivity index (χ1) is 21.0. The van der Waals surface area contributed by atoms with Crippen LogP contribution in [-0.2, 0) is 20.9 Å². The molecule has 1 unspecified atom stereocenters. The number of thioether (sulfide) groups is 1. The Balaban J connectivity index is 0.991. The number of nitrogens with one attached hydrogen (secondary N) is 1. The van der Waals surface area contributed by atoms with Gasteiger partial charge in [0.1, 0.15) is 6.04 Å². The van der Waals surface area contributed by atoms with E-state index in [4.69, 9.17) is 11.6 Å². The Hall–Kier alpha value is -3.10. The predicted octanol–water partition coefficient (Wildman–Crippen LogP) is 6.09. The summed E-state index contributed by atoms with van der Waals surface area (Å²) in [5.74, 6) is 0.438. The summed E-state index contributed by atoms with van der Waals surface area (Å²) in [5.41, 5.74) is 5.03. The third-order valence-corrected chi connectivity index (χ3v) is 11.8. The monoisotopic (exact) mass is 631 g/mol. The first-order valence-electron chi connectivity index (χ1n) is 15.8. The second kappa shape index (κ2) is 11.4. The Bertz CT molecular complexity index is 1570. The van der Waals surface area contributed by atoms with Gasteiger partial charge in [0.25, 0.3) is 5.91 Å². The summed E-state index contributed by atoms with van der Waals surface area (Å²) in [4.78, 5) is 55.8. The lowest BCUT2D eigenvalue weighted by molar-refractivity contribution is -0.137. The van der Waals surface area contributed by atoms with Crippen molar-refractivity contribution in [3.63, 3.8) is 0 Å². The molecule has 1 saturated carbocycles. The highest BCUT2D eigenvalue weighted by molar-refractivity contribution is 8.00. The molecular formula is C35H38ClN3O4S. The van der Waals surface area contributed by atoms with E-state index in [9.17, 15) is 19.2 Å². The molecule has 2 aromatic carbocycles. The van der Waals surface area contributed by atoms with Gasteiger partial charge >= 0.3 is 0 Å². The van der Waals surface area contributed by atoms with Crippen LogP contribution in [0.4, 0.5) is 0 Å². The molecule has 0 bridgehead atoms. The normalized spacial score (nSPS) is 26.7. The van der Waals surface area contributed by atoms with Gasteiger partial charge in [-0.1, -0.05) is 37.6 Å². The van der Waals surface area contributed by atoms with Crippen LogP contribution in [-0.4, -0.2) is 57.8 Å². The number of imide groups is 1. The van der Waals surface area contributed by atoms with Gasteiger partial charge in [-0.25, -0.2) is 0 Å². The fraction of sp³-hybridized carbons (Fsp3) is 0.486. The van der Waals surface area contributed by atoms with E-state index in [2.05, 4.69) is 30.1 Å². The third kappa shape index (κ3) is 5.60. The highest BCUT2D eigenvalue weighted by atomic mass is 35.5. The fourth-order valence-corrected chi connectivity index (χ4v) is 9.52. The minimum absolute atomic E-state index is 0.137. The molecule has 3 atom stereocenters. The summed E-state index contributed by atoms with van der Waals surface area (Å²) in [5, 5.41) is 3.55. The molecule has 7 nitrogen and oxygen atoms in total. The molecule has 5 aliphatic rings. The maximum absolute atomic E-state index is 13.9. The molecule has 0 radical (unpaired) electrons. The topological polar surface area (TPSA) is 86.8 Å². The number of hydrogen-bond acceptors (Lipinski definition) is 5. The van der Waals surface area contributed by atoms with Gasteiger partial charge in [0.05, 0.1) is 0 Å². The van der Waals surface area contributed by atoms with Crippen molar-refractivity contribution in [2.75, 3.05) is 13.1 Å². The Morgan fingerprint density at radius 2 is 1.73 bits per heavy atom. The van der Waals surface area contributed by atoms with Crippen molar-refractivity contribution < 1.29 is 19.2 Å². The summed E-state index contributed by atoms with van der Waals surface area (Å²) in [6, 6.07) is 13.3. The van der Waals surface area contributed by atoms with Gasteiger partial charge < -0.3 is 9.80 Å². The Morgan fingerprint density at radius 1 is 1.00 bits per heavy atom. The van der Waals surface area contributed by atoms with Crippen LogP contribution in [0.2, 0.25) is 5.02 Å². The number of halogens is 1. The second-order valence-corrected chi connectivity index (χ2v) is 15.8. The molecule has 3 heterocycles. The number of rotatable bonds is 5. The molecular weight excluding hydrogens is 594 g/mol. The molecule has 4 amide bonds. The van der Waals surface area contributed by atoms with Crippen LogP contribution in [0.1, 0.15) is 80.3 Å². The SMILES string of the molecule is CC1(C)CCC(C(=O)N2C[C@H]3CC(Sc4ccc5c(c4)CN(C4CCC(=O)NC4=O)C5=O)C[C@@H]3C2)=C(c2ccc(Cl)cc2)C1. The van der Waals surface area contributed by atoms with Crippen LogP contribution >= 0.6 is 23.4 Å². The van der Waals surface area contributed by atoms with E-state index < -0.39 is 6.04 Å². The highest BCUT2D eigenvalue weighted by Crippen LogP contribution is 2.48. The number of piperidine rings is 1.